The number of carbonyl (C=O) groups is 2. The second-order valence-electron chi connectivity index (χ2n) is 3.85. The number of alkyl halides is 3. The molecule has 0 unspecified atom stereocenters. The van der Waals surface area contributed by atoms with Gasteiger partial charge in [-0.15, -0.1) is 0 Å². The van der Waals surface area contributed by atoms with Gasteiger partial charge in [0.05, 0.1) is 10.6 Å². The summed E-state index contributed by atoms with van der Waals surface area (Å²) >= 11 is 5.46. The van der Waals surface area contributed by atoms with Crippen LogP contribution in [0, 0.1) is 0 Å². The molecule has 114 valence electrons. The molecule has 4 nitrogen and oxygen atoms in total. The van der Waals surface area contributed by atoms with E-state index in [0.29, 0.717) is 0 Å². The topological polar surface area (TPSA) is 55.4 Å². The molecule has 0 radical (unpaired) electrons. The molecule has 0 saturated carbocycles. The fraction of sp³-hybridized carbons (Fsp3) is 0.231. The third kappa shape index (κ3) is 5.47. The Morgan fingerprint density at radius 1 is 1.38 bits per heavy atom. The van der Waals surface area contributed by atoms with Crippen LogP contribution in [0.25, 0.3) is 6.08 Å². The maximum Gasteiger partial charge on any atom is 0.417 e. The van der Waals surface area contributed by atoms with Crippen molar-refractivity contribution >= 4 is 29.6 Å². The summed E-state index contributed by atoms with van der Waals surface area (Å²) in [7, 11) is 1.37. The van der Waals surface area contributed by atoms with Crippen molar-refractivity contribution in [2.45, 2.75) is 6.18 Å². The maximum absolute atomic E-state index is 12.6. The lowest BCUT2D eigenvalue weighted by atomic mass is 10.1. The first kappa shape index (κ1) is 17.0. The standard InChI is InChI=1S/C13H11ClF3NO3/c1-18-11(19)7-21-12(20)5-3-8-2-4-10(14)9(6-8)13(15,16)17/h2-6H,7H2,1H3,(H,18,19)/b5-3+. The lowest BCUT2D eigenvalue weighted by Gasteiger charge is -2.09. The largest absolute Gasteiger partial charge is 0.452 e. The van der Waals surface area contributed by atoms with Gasteiger partial charge >= 0.3 is 12.1 Å². The molecule has 0 saturated heterocycles. The predicted molar refractivity (Wildman–Crippen MR) is 70.5 cm³/mol. The second kappa shape index (κ2) is 7.12. The van der Waals surface area contributed by atoms with Gasteiger partial charge in [-0.2, -0.15) is 13.2 Å². The summed E-state index contributed by atoms with van der Waals surface area (Å²) in [5.41, 5.74) is -0.867. The first-order valence-electron chi connectivity index (χ1n) is 5.66. The number of ether oxygens (including phenoxy) is 1. The van der Waals surface area contributed by atoms with Crippen molar-refractivity contribution in [1.29, 1.82) is 0 Å². The second-order valence-corrected chi connectivity index (χ2v) is 4.26. The van der Waals surface area contributed by atoms with E-state index in [1.165, 1.54) is 13.1 Å². The lowest BCUT2D eigenvalue weighted by Crippen LogP contribution is -2.24. The number of hydrogen-bond acceptors (Lipinski definition) is 3. The molecule has 0 aliphatic heterocycles. The first-order valence-corrected chi connectivity index (χ1v) is 6.04. The molecular formula is C13H11ClF3NO3. The molecule has 8 heteroatoms. The van der Waals surface area contributed by atoms with Gasteiger partial charge in [-0.1, -0.05) is 17.7 Å². The van der Waals surface area contributed by atoms with Crippen molar-refractivity contribution in [2.75, 3.05) is 13.7 Å². The van der Waals surface area contributed by atoms with E-state index >= 15 is 0 Å². The number of halogens is 4. The van der Waals surface area contributed by atoms with Gasteiger partial charge in [-0.25, -0.2) is 4.79 Å². The average Bonchev–Trinajstić information content (AvgIpc) is 2.42. The zero-order valence-electron chi connectivity index (χ0n) is 10.8. The van der Waals surface area contributed by atoms with Gasteiger partial charge in [0.15, 0.2) is 6.61 Å². The Hall–Kier alpha value is -2.02. The van der Waals surface area contributed by atoms with Gasteiger partial charge in [0.2, 0.25) is 0 Å². The normalized spacial score (nSPS) is 11.5. The number of amides is 1. The lowest BCUT2D eigenvalue weighted by molar-refractivity contribution is -0.143. The van der Waals surface area contributed by atoms with E-state index in [1.807, 2.05) is 0 Å². The molecule has 0 aromatic heterocycles. The molecule has 1 aromatic carbocycles. The van der Waals surface area contributed by atoms with Crippen LogP contribution < -0.4 is 5.32 Å². The van der Waals surface area contributed by atoms with Crippen LogP contribution in [-0.4, -0.2) is 25.5 Å². The number of carbonyl (C=O) groups excluding carboxylic acids is 2. The maximum atomic E-state index is 12.6. The SMILES string of the molecule is CNC(=O)COC(=O)/C=C/c1ccc(Cl)c(C(F)(F)F)c1. The third-order valence-corrected chi connectivity index (χ3v) is 2.66. The molecule has 21 heavy (non-hydrogen) atoms. The van der Waals surface area contributed by atoms with Gasteiger partial charge in [-0.05, 0) is 23.8 Å². The van der Waals surface area contributed by atoms with Crippen molar-refractivity contribution in [3.05, 3.63) is 40.4 Å². The molecule has 1 amide bonds. The summed E-state index contributed by atoms with van der Waals surface area (Å²) in [6, 6.07) is 3.21. The van der Waals surface area contributed by atoms with Gasteiger partial charge in [-0.3, -0.25) is 4.79 Å². The molecule has 1 N–H and O–H groups in total. The molecule has 0 atom stereocenters. The number of hydrogen-bond donors (Lipinski definition) is 1. The quantitative estimate of drug-likeness (QED) is 0.685. The molecule has 0 heterocycles. The first-order chi connectivity index (χ1) is 9.74. The summed E-state index contributed by atoms with van der Waals surface area (Å²) in [5, 5.41) is 1.82. The van der Waals surface area contributed by atoms with Gasteiger partial charge in [0, 0.05) is 13.1 Å². The summed E-state index contributed by atoms with van der Waals surface area (Å²) in [5.74, 6) is -1.34. The van der Waals surface area contributed by atoms with Crippen molar-refractivity contribution in [3.63, 3.8) is 0 Å². The highest BCUT2D eigenvalue weighted by Gasteiger charge is 2.33. The number of esters is 1. The fourth-order valence-electron chi connectivity index (χ4n) is 1.29. The molecule has 1 aromatic rings. The average molecular weight is 322 g/mol. The monoisotopic (exact) mass is 321 g/mol. The number of nitrogens with one attached hydrogen (secondary N) is 1. The summed E-state index contributed by atoms with van der Waals surface area (Å²) in [6.07, 6.45) is -2.52. The van der Waals surface area contributed by atoms with Crippen LogP contribution in [-0.2, 0) is 20.5 Å². The van der Waals surface area contributed by atoms with E-state index < -0.39 is 35.2 Å². The Morgan fingerprint density at radius 2 is 2.05 bits per heavy atom. The van der Waals surface area contributed by atoms with Crippen LogP contribution in [0.2, 0.25) is 5.02 Å². The van der Waals surface area contributed by atoms with E-state index in [9.17, 15) is 22.8 Å². The van der Waals surface area contributed by atoms with Gasteiger partial charge < -0.3 is 10.1 Å². The molecule has 1 rings (SSSR count). The van der Waals surface area contributed by atoms with Crippen molar-refractivity contribution in [2.24, 2.45) is 0 Å². The van der Waals surface area contributed by atoms with E-state index in [-0.39, 0.29) is 5.56 Å². The third-order valence-electron chi connectivity index (χ3n) is 2.33. The summed E-state index contributed by atoms with van der Waals surface area (Å²) < 4.78 is 42.4. The van der Waals surface area contributed by atoms with Crippen molar-refractivity contribution < 1.29 is 27.5 Å². The van der Waals surface area contributed by atoms with Crippen LogP contribution in [0.5, 0.6) is 0 Å². The Morgan fingerprint density at radius 3 is 2.62 bits per heavy atom. The van der Waals surface area contributed by atoms with E-state index in [4.69, 9.17) is 11.6 Å². The van der Waals surface area contributed by atoms with E-state index in [1.54, 1.807) is 0 Å². The van der Waals surface area contributed by atoms with Crippen LogP contribution in [0.3, 0.4) is 0 Å². The van der Waals surface area contributed by atoms with Crippen LogP contribution in [0.1, 0.15) is 11.1 Å². The molecular weight excluding hydrogens is 311 g/mol. The fourth-order valence-corrected chi connectivity index (χ4v) is 1.51. The molecule has 0 bridgehead atoms. The summed E-state index contributed by atoms with van der Waals surface area (Å²) in [4.78, 5) is 22.1. The summed E-state index contributed by atoms with van der Waals surface area (Å²) in [6.45, 7) is -0.464. The Kier molecular flexibility index (Phi) is 5.78. The highest BCUT2D eigenvalue weighted by atomic mass is 35.5. The van der Waals surface area contributed by atoms with Crippen molar-refractivity contribution in [1.82, 2.24) is 5.32 Å². The Balaban J connectivity index is 2.77. The molecule has 0 spiro atoms. The van der Waals surface area contributed by atoms with Gasteiger partial charge in [0.25, 0.3) is 5.91 Å². The zero-order valence-corrected chi connectivity index (χ0v) is 11.6. The molecule has 0 aliphatic carbocycles. The number of rotatable bonds is 4. The highest BCUT2D eigenvalue weighted by Crippen LogP contribution is 2.35. The minimum Gasteiger partial charge on any atom is -0.452 e. The molecule has 0 fully saturated rings. The van der Waals surface area contributed by atoms with Gasteiger partial charge in [0.1, 0.15) is 0 Å². The Labute approximate surface area is 123 Å². The van der Waals surface area contributed by atoms with Crippen LogP contribution in [0.15, 0.2) is 24.3 Å². The smallest absolute Gasteiger partial charge is 0.417 e. The zero-order chi connectivity index (χ0) is 16.0. The number of likely N-dealkylation sites (N-methyl/N-ethyl adjacent to an activating group) is 1. The van der Waals surface area contributed by atoms with E-state index in [0.717, 1.165) is 24.3 Å². The van der Waals surface area contributed by atoms with E-state index in [2.05, 4.69) is 10.1 Å². The number of benzene rings is 1. The highest BCUT2D eigenvalue weighted by molar-refractivity contribution is 6.31. The minimum atomic E-state index is -4.58. The van der Waals surface area contributed by atoms with Crippen LogP contribution in [0.4, 0.5) is 13.2 Å². The van der Waals surface area contributed by atoms with Crippen molar-refractivity contribution in [3.8, 4) is 0 Å². The minimum absolute atomic E-state index is 0.128. The predicted octanol–water partition coefficient (Wildman–Crippen LogP) is 2.66. The van der Waals surface area contributed by atoms with Crippen LogP contribution >= 0.6 is 11.6 Å². The Bertz CT molecular complexity index is 570. The molecule has 0 aliphatic rings.